The number of hydrogen-bond donors (Lipinski definition) is 1. The van der Waals surface area contributed by atoms with Gasteiger partial charge in [0.25, 0.3) is 0 Å². The third-order valence-electron chi connectivity index (χ3n) is 5.35. The largest absolute Gasteiger partial charge is 0.497 e. The van der Waals surface area contributed by atoms with E-state index in [1.807, 2.05) is 42.4 Å². The van der Waals surface area contributed by atoms with Gasteiger partial charge in [0.15, 0.2) is 0 Å². The number of ether oxygens (including phenoxy) is 1. The minimum atomic E-state index is -0.122. The summed E-state index contributed by atoms with van der Waals surface area (Å²) < 4.78 is 5.18. The number of benzene rings is 1. The number of rotatable bonds is 8. The molecule has 1 N–H and O–H groups in total. The molecule has 1 atom stereocenters. The highest BCUT2D eigenvalue weighted by Gasteiger charge is 2.31. The van der Waals surface area contributed by atoms with Gasteiger partial charge in [-0.25, -0.2) is 0 Å². The van der Waals surface area contributed by atoms with E-state index in [2.05, 4.69) is 10.2 Å². The van der Waals surface area contributed by atoms with Crippen LogP contribution in [0.5, 0.6) is 5.75 Å². The lowest BCUT2D eigenvalue weighted by atomic mass is 9.95. The SMILES string of the molecule is COc1ccc(CCN2C[C@@H](C(=O)N(C)CCc3cn[nH]c3)CCC2=O)cc1. The molecule has 0 bridgehead atoms. The standard InChI is InChI=1S/C21H28N4O3/c1-24(11-9-17-13-22-23-14-17)21(27)18-5-8-20(26)25(15-18)12-10-16-3-6-19(28-2)7-4-16/h3-4,6-7,13-14,18H,5,8-12,15H2,1-2H3,(H,22,23)/t18-/m0/s1. The van der Waals surface area contributed by atoms with E-state index in [9.17, 15) is 9.59 Å². The fourth-order valence-electron chi connectivity index (χ4n) is 3.52. The van der Waals surface area contributed by atoms with E-state index in [1.54, 1.807) is 18.2 Å². The summed E-state index contributed by atoms with van der Waals surface area (Å²) in [7, 11) is 3.48. The number of aromatic amines is 1. The summed E-state index contributed by atoms with van der Waals surface area (Å²) in [5.41, 5.74) is 2.24. The first kappa shape index (κ1) is 19.9. The minimum Gasteiger partial charge on any atom is -0.497 e. The molecule has 0 unspecified atom stereocenters. The van der Waals surface area contributed by atoms with E-state index in [1.165, 1.54) is 0 Å². The lowest BCUT2D eigenvalue weighted by Crippen LogP contribution is -2.47. The molecule has 1 saturated heterocycles. The predicted octanol–water partition coefficient (Wildman–Crippen LogP) is 1.90. The summed E-state index contributed by atoms with van der Waals surface area (Å²) in [6.45, 7) is 1.78. The van der Waals surface area contributed by atoms with E-state index in [4.69, 9.17) is 4.74 Å². The summed E-state index contributed by atoms with van der Waals surface area (Å²) in [5.74, 6) is 0.953. The van der Waals surface area contributed by atoms with E-state index in [-0.39, 0.29) is 17.7 Å². The lowest BCUT2D eigenvalue weighted by Gasteiger charge is -2.34. The van der Waals surface area contributed by atoms with Crippen LogP contribution < -0.4 is 4.74 Å². The number of piperidine rings is 1. The van der Waals surface area contributed by atoms with Crippen molar-refractivity contribution in [3.05, 3.63) is 47.8 Å². The smallest absolute Gasteiger partial charge is 0.227 e. The van der Waals surface area contributed by atoms with Crippen LogP contribution in [0.1, 0.15) is 24.0 Å². The second-order valence-electron chi connectivity index (χ2n) is 7.29. The maximum Gasteiger partial charge on any atom is 0.227 e. The van der Waals surface area contributed by atoms with Crippen molar-refractivity contribution in [3.63, 3.8) is 0 Å². The van der Waals surface area contributed by atoms with Gasteiger partial charge >= 0.3 is 0 Å². The van der Waals surface area contributed by atoms with Gasteiger partial charge in [-0.2, -0.15) is 5.10 Å². The van der Waals surface area contributed by atoms with Crippen LogP contribution in [0, 0.1) is 5.92 Å². The van der Waals surface area contributed by atoms with Crippen LogP contribution in [0.15, 0.2) is 36.7 Å². The van der Waals surface area contributed by atoms with E-state index < -0.39 is 0 Å². The first-order valence-corrected chi connectivity index (χ1v) is 9.70. The number of likely N-dealkylation sites (N-methyl/N-ethyl adjacent to an activating group) is 1. The van der Waals surface area contributed by atoms with Crippen molar-refractivity contribution in [2.24, 2.45) is 5.92 Å². The van der Waals surface area contributed by atoms with Crippen molar-refractivity contribution in [1.82, 2.24) is 20.0 Å². The zero-order chi connectivity index (χ0) is 19.9. The normalized spacial score (nSPS) is 16.9. The molecule has 1 aromatic heterocycles. The van der Waals surface area contributed by atoms with Gasteiger partial charge in [0.05, 0.1) is 19.2 Å². The number of amides is 2. The van der Waals surface area contributed by atoms with Crippen LogP contribution in [0.2, 0.25) is 0 Å². The summed E-state index contributed by atoms with van der Waals surface area (Å²) in [4.78, 5) is 28.7. The summed E-state index contributed by atoms with van der Waals surface area (Å²) >= 11 is 0. The molecule has 0 spiro atoms. The van der Waals surface area contributed by atoms with Crippen LogP contribution in [-0.4, -0.2) is 65.6 Å². The first-order valence-electron chi connectivity index (χ1n) is 9.70. The average Bonchev–Trinajstić information content (AvgIpc) is 3.25. The van der Waals surface area contributed by atoms with Crippen molar-refractivity contribution >= 4 is 11.8 Å². The number of carbonyl (C=O) groups is 2. The highest BCUT2D eigenvalue weighted by atomic mass is 16.5. The molecule has 2 amide bonds. The third-order valence-corrected chi connectivity index (χ3v) is 5.35. The number of nitrogens with zero attached hydrogens (tertiary/aromatic N) is 3. The molecule has 28 heavy (non-hydrogen) atoms. The molecular formula is C21H28N4O3. The Labute approximate surface area is 165 Å². The fraction of sp³-hybridized carbons (Fsp3) is 0.476. The molecule has 1 aliphatic heterocycles. The Morgan fingerprint density at radius 1 is 1.29 bits per heavy atom. The molecule has 1 aromatic carbocycles. The van der Waals surface area contributed by atoms with Crippen LogP contribution >= 0.6 is 0 Å². The number of carbonyl (C=O) groups excluding carboxylic acids is 2. The van der Waals surface area contributed by atoms with Crippen molar-refractivity contribution in [2.75, 3.05) is 33.8 Å². The molecule has 1 fully saturated rings. The van der Waals surface area contributed by atoms with Crippen LogP contribution in [0.25, 0.3) is 0 Å². The Bertz CT molecular complexity index is 773. The second kappa shape index (κ2) is 9.39. The fourth-order valence-corrected chi connectivity index (χ4v) is 3.52. The number of methoxy groups -OCH3 is 1. The zero-order valence-electron chi connectivity index (χ0n) is 16.6. The van der Waals surface area contributed by atoms with Gasteiger partial charge < -0.3 is 14.5 Å². The predicted molar refractivity (Wildman–Crippen MR) is 106 cm³/mol. The third kappa shape index (κ3) is 5.12. The molecule has 0 aliphatic carbocycles. The summed E-state index contributed by atoms with van der Waals surface area (Å²) in [6.07, 6.45) is 6.23. The monoisotopic (exact) mass is 384 g/mol. The van der Waals surface area contributed by atoms with Crippen molar-refractivity contribution in [1.29, 1.82) is 0 Å². The molecule has 7 heteroatoms. The van der Waals surface area contributed by atoms with Gasteiger partial charge in [0, 0.05) is 39.3 Å². The molecule has 0 radical (unpaired) electrons. The number of likely N-dealkylation sites (tertiary alicyclic amines) is 1. The van der Waals surface area contributed by atoms with Crippen molar-refractivity contribution in [3.8, 4) is 5.75 Å². The number of nitrogens with one attached hydrogen (secondary N) is 1. The molecule has 7 nitrogen and oxygen atoms in total. The Morgan fingerprint density at radius 2 is 2.07 bits per heavy atom. The molecule has 2 heterocycles. The van der Waals surface area contributed by atoms with Gasteiger partial charge in [-0.15, -0.1) is 0 Å². The van der Waals surface area contributed by atoms with Gasteiger partial charge in [0.1, 0.15) is 5.75 Å². The summed E-state index contributed by atoms with van der Waals surface area (Å²) in [6, 6.07) is 7.88. The molecule has 150 valence electrons. The van der Waals surface area contributed by atoms with Gasteiger partial charge in [-0.05, 0) is 42.5 Å². The number of hydrogen-bond acceptors (Lipinski definition) is 4. The molecule has 2 aromatic rings. The average molecular weight is 384 g/mol. The first-order chi connectivity index (χ1) is 13.6. The van der Waals surface area contributed by atoms with Crippen molar-refractivity contribution in [2.45, 2.75) is 25.7 Å². The van der Waals surface area contributed by atoms with Crippen molar-refractivity contribution < 1.29 is 14.3 Å². The van der Waals surface area contributed by atoms with Gasteiger partial charge in [0.2, 0.25) is 11.8 Å². The highest BCUT2D eigenvalue weighted by molar-refractivity contribution is 5.83. The quantitative estimate of drug-likeness (QED) is 0.754. The zero-order valence-corrected chi connectivity index (χ0v) is 16.6. The van der Waals surface area contributed by atoms with Crippen LogP contribution in [-0.2, 0) is 22.4 Å². The summed E-state index contributed by atoms with van der Waals surface area (Å²) in [5, 5.41) is 6.71. The highest BCUT2D eigenvalue weighted by Crippen LogP contribution is 2.21. The lowest BCUT2D eigenvalue weighted by molar-refractivity contribution is -0.142. The minimum absolute atomic E-state index is 0.116. The van der Waals surface area contributed by atoms with Crippen LogP contribution in [0.4, 0.5) is 0 Å². The van der Waals surface area contributed by atoms with Gasteiger partial charge in [-0.3, -0.25) is 14.7 Å². The van der Waals surface area contributed by atoms with E-state index in [0.29, 0.717) is 32.5 Å². The van der Waals surface area contributed by atoms with E-state index in [0.717, 1.165) is 29.7 Å². The Hall–Kier alpha value is -2.83. The molecular weight excluding hydrogens is 356 g/mol. The number of aromatic nitrogens is 2. The molecule has 3 rings (SSSR count). The maximum absolute atomic E-state index is 12.8. The van der Waals surface area contributed by atoms with Gasteiger partial charge in [-0.1, -0.05) is 12.1 Å². The molecule has 1 aliphatic rings. The Balaban J connectivity index is 1.50. The van der Waals surface area contributed by atoms with E-state index >= 15 is 0 Å². The number of H-pyrrole nitrogens is 1. The maximum atomic E-state index is 12.8. The molecule has 0 saturated carbocycles. The second-order valence-corrected chi connectivity index (χ2v) is 7.29. The van der Waals surface area contributed by atoms with Crippen LogP contribution in [0.3, 0.4) is 0 Å². The topological polar surface area (TPSA) is 78.5 Å². The Kier molecular flexibility index (Phi) is 6.68. The Morgan fingerprint density at radius 3 is 2.75 bits per heavy atom.